The maximum absolute atomic E-state index is 13.2. The smallest absolute Gasteiger partial charge is 0.255 e. The SMILES string of the molecule is CCCN1C(=O)CCc2cc(NC(=O)c3cccc(F)c3)ccc21. The van der Waals surface area contributed by atoms with Crippen LogP contribution in [0.1, 0.15) is 35.7 Å². The van der Waals surface area contributed by atoms with Crippen LogP contribution in [0.5, 0.6) is 0 Å². The third-order valence-corrected chi connectivity index (χ3v) is 4.07. The van der Waals surface area contributed by atoms with Crippen molar-refractivity contribution in [3.63, 3.8) is 0 Å². The molecule has 0 spiro atoms. The maximum Gasteiger partial charge on any atom is 0.255 e. The predicted octanol–water partition coefficient (Wildman–Crippen LogP) is 3.77. The van der Waals surface area contributed by atoms with Gasteiger partial charge in [-0.25, -0.2) is 4.39 Å². The van der Waals surface area contributed by atoms with Gasteiger partial charge in [0.25, 0.3) is 5.91 Å². The zero-order chi connectivity index (χ0) is 17.1. The van der Waals surface area contributed by atoms with Gasteiger partial charge in [-0.3, -0.25) is 9.59 Å². The third-order valence-electron chi connectivity index (χ3n) is 4.07. The summed E-state index contributed by atoms with van der Waals surface area (Å²) in [6.45, 7) is 2.73. The van der Waals surface area contributed by atoms with Gasteiger partial charge in [0.05, 0.1) is 0 Å². The topological polar surface area (TPSA) is 49.4 Å². The summed E-state index contributed by atoms with van der Waals surface area (Å²) in [6.07, 6.45) is 2.04. The molecule has 0 saturated heterocycles. The number of carbonyl (C=O) groups is 2. The molecule has 124 valence electrons. The molecule has 0 atom stereocenters. The van der Waals surface area contributed by atoms with E-state index in [-0.39, 0.29) is 17.4 Å². The number of hydrogen-bond acceptors (Lipinski definition) is 2. The molecule has 0 saturated carbocycles. The monoisotopic (exact) mass is 326 g/mol. The first-order valence-electron chi connectivity index (χ1n) is 8.08. The molecule has 0 bridgehead atoms. The minimum absolute atomic E-state index is 0.140. The lowest BCUT2D eigenvalue weighted by molar-refractivity contribution is -0.118. The molecular formula is C19H19FN2O2. The zero-order valence-electron chi connectivity index (χ0n) is 13.5. The van der Waals surface area contributed by atoms with Crippen LogP contribution in [-0.2, 0) is 11.2 Å². The van der Waals surface area contributed by atoms with Crippen LogP contribution in [0.25, 0.3) is 0 Å². The van der Waals surface area contributed by atoms with Crippen LogP contribution < -0.4 is 10.2 Å². The summed E-state index contributed by atoms with van der Waals surface area (Å²) < 4.78 is 13.2. The summed E-state index contributed by atoms with van der Waals surface area (Å²) >= 11 is 0. The molecule has 4 nitrogen and oxygen atoms in total. The van der Waals surface area contributed by atoms with Crippen LogP contribution in [0, 0.1) is 5.82 Å². The third kappa shape index (κ3) is 3.30. The van der Waals surface area contributed by atoms with E-state index in [0.29, 0.717) is 25.1 Å². The Balaban J connectivity index is 1.81. The molecule has 1 N–H and O–H groups in total. The first-order chi connectivity index (χ1) is 11.6. The Bertz CT molecular complexity index is 789. The Labute approximate surface area is 140 Å². The molecule has 1 aliphatic rings. The number of rotatable bonds is 4. The van der Waals surface area contributed by atoms with E-state index in [1.54, 1.807) is 17.0 Å². The summed E-state index contributed by atoms with van der Waals surface area (Å²) in [5.41, 5.74) is 2.88. The predicted molar refractivity (Wildman–Crippen MR) is 91.8 cm³/mol. The number of fused-ring (bicyclic) bond motifs is 1. The molecule has 0 aromatic heterocycles. The fraction of sp³-hybridized carbons (Fsp3) is 0.263. The first-order valence-corrected chi connectivity index (χ1v) is 8.08. The van der Waals surface area contributed by atoms with Gasteiger partial charge in [-0.15, -0.1) is 0 Å². The van der Waals surface area contributed by atoms with Crippen LogP contribution in [0.15, 0.2) is 42.5 Å². The summed E-state index contributed by atoms with van der Waals surface area (Å²) in [5.74, 6) is -0.658. The molecule has 24 heavy (non-hydrogen) atoms. The fourth-order valence-electron chi connectivity index (χ4n) is 2.94. The van der Waals surface area contributed by atoms with E-state index in [2.05, 4.69) is 5.32 Å². The van der Waals surface area contributed by atoms with Crippen LogP contribution in [0.4, 0.5) is 15.8 Å². The molecule has 2 amide bonds. The van der Waals surface area contributed by atoms with Crippen LogP contribution in [0.2, 0.25) is 0 Å². The maximum atomic E-state index is 13.2. The Morgan fingerprint density at radius 3 is 2.79 bits per heavy atom. The Morgan fingerprint density at radius 1 is 1.21 bits per heavy atom. The van der Waals surface area contributed by atoms with Gasteiger partial charge in [0, 0.05) is 29.9 Å². The highest BCUT2D eigenvalue weighted by Crippen LogP contribution is 2.30. The summed E-state index contributed by atoms with van der Waals surface area (Å²) in [5, 5.41) is 2.78. The van der Waals surface area contributed by atoms with Gasteiger partial charge in [0.15, 0.2) is 0 Å². The molecular weight excluding hydrogens is 307 g/mol. The van der Waals surface area contributed by atoms with Crippen molar-refractivity contribution in [3.8, 4) is 0 Å². The molecule has 5 heteroatoms. The van der Waals surface area contributed by atoms with Crippen molar-refractivity contribution in [3.05, 3.63) is 59.4 Å². The van der Waals surface area contributed by atoms with E-state index in [4.69, 9.17) is 0 Å². The number of nitrogens with zero attached hydrogens (tertiary/aromatic N) is 1. The summed E-state index contributed by atoms with van der Waals surface area (Å²) in [6, 6.07) is 11.1. The fourth-order valence-corrected chi connectivity index (χ4v) is 2.94. The molecule has 0 aliphatic carbocycles. The van der Waals surface area contributed by atoms with Crippen molar-refractivity contribution in [1.29, 1.82) is 0 Å². The van der Waals surface area contributed by atoms with Crippen LogP contribution >= 0.6 is 0 Å². The van der Waals surface area contributed by atoms with Crippen LogP contribution in [-0.4, -0.2) is 18.4 Å². The number of anilines is 2. The minimum atomic E-state index is -0.443. The van der Waals surface area contributed by atoms with E-state index >= 15 is 0 Å². The zero-order valence-corrected chi connectivity index (χ0v) is 13.5. The Morgan fingerprint density at radius 2 is 2.04 bits per heavy atom. The minimum Gasteiger partial charge on any atom is -0.322 e. The first kappa shape index (κ1) is 16.2. The molecule has 2 aromatic rings. The van der Waals surface area contributed by atoms with Crippen molar-refractivity contribution < 1.29 is 14.0 Å². The highest BCUT2D eigenvalue weighted by Gasteiger charge is 2.23. The highest BCUT2D eigenvalue weighted by molar-refractivity contribution is 6.04. The average molecular weight is 326 g/mol. The van der Waals surface area contributed by atoms with E-state index in [1.165, 1.54) is 18.2 Å². The normalized spacial score (nSPS) is 13.6. The van der Waals surface area contributed by atoms with Crippen molar-refractivity contribution in [1.82, 2.24) is 0 Å². The van der Waals surface area contributed by atoms with Crippen molar-refractivity contribution in [2.45, 2.75) is 26.2 Å². The summed E-state index contributed by atoms with van der Waals surface area (Å²) in [4.78, 5) is 26.1. The largest absolute Gasteiger partial charge is 0.322 e. The van der Waals surface area contributed by atoms with Gasteiger partial charge in [-0.2, -0.15) is 0 Å². The van der Waals surface area contributed by atoms with Gasteiger partial charge < -0.3 is 10.2 Å². The lowest BCUT2D eigenvalue weighted by atomic mass is 10.00. The number of aryl methyl sites for hydroxylation is 1. The van der Waals surface area contributed by atoms with Gasteiger partial charge in [0.1, 0.15) is 5.82 Å². The Hall–Kier alpha value is -2.69. The van der Waals surface area contributed by atoms with Crippen molar-refractivity contribution in [2.24, 2.45) is 0 Å². The summed E-state index contributed by atoms with van der Waals surface area (Å²) in [7, 11) is 0. The molecule has 2 aromatic carbocycles. The molecule has 0 radical (unpaired) electrons. The Kier molecular flexibility index (Phi) is 4.60. The average Bonchev–Trinajstić information content (AvgIpc) is 2.57. The lowest BCUT2D eigenvalue weighted by Crippen LogP contribution is -2.35. The number of benzene rings is 2. The number of carbonyl (C=O) groups excluding carboxylic acids is 2. The molecule has 3 rings (SSSR count). The molecule has 0 unspecified atom stereocenters. The van der Waals surface area contributed by atoms with Gasteiger partial charge in [-0.05, 0) is 54.8 Å². The highest BCUT2D eigenvalue weighted by atomic mass is 19.1. The van der Waals surface area contributed by atoms with E-state index in [9.17, 15) is 14.0 Å². The van der Waals surface area contributed by atoms with E-state index < -0.39 is 5.82 Å². The number of amides is 2. The van der Waals surface area contributed by atoms with Crippen molar-refractivity contribution >= 4 is 23.2 Å². The molecule has 1 aliphatic heterocycles. The van der Waals surface area contributed by atoms with Gasteiger partial charge in [0.2, 0.25) is 5.91 Å². The van der Waals surface area contributed by atoms with Crippen molar-refractivity contribution in [2.75, 3.05) is 16.8 Å². The van der Waals surface area contributed by atoms with Crippen LogP contribution in [0.3, 0.4) is 0 Å². The molecule has 1 heterocycles. The number of hydrogen-bond donors (Lipinski definition) is 1. The lowest BCUT2D eigenvalue weighted by Gasteiger charge is -2.29. The quantitative estimate of drug-likeness (QED) is 0.930. The number of halogens is 1. The van der Waals surface area contributed by atoms with Gasteiger partial charge >= 0.3 is 0 Å². The second-order valence-electron chi connectivity index (χ2n) is 5.85. The van der Waals surface area contributed by atoms with E-state index in [0.717, 1.165) is 17.7 Å². The van der Waals surface area contributed by atoms with Gasteiger partial charge in [-0.1, -0.05) is 13.0 Å². The standard InChI is InChI=1S/C19H19FN2O2/c1-2-10-22-17-8-7-16(12-13(17)6-9-18(22)23)21-19(24)14-4-3-5-15(20)11-14/h3-5,7-8,11-12H,2,6,9-10H2,1H3,(H,21,24). The van der Waals surface area contributed by atoms with E-state index in [1.807, 2.05) is 19.1 Å². The second-order valence-corrected chi connectivity index (χ2v) is 5.85. The second kappa shape index (κ2) is 6.83. The molecule has 0 fully saturated rings. The number of nitrogens with one attached hydrogen (secondary N) is 1.